The molecule has 6 heteroatoms. The van der Waals surface area contributed by atoms with Crippen molar-refractivity contribution in [2.24, 2.45) is 0 Å². The summed E-state index contributed by atoms with van der Waals surface area (Å²) in [6, 6.07) is 5.02. The Hall–Kier alpha value is -1.95. The maximum Gasteiger partial charge on any atom is 0.213 e. The lowest BCUT2D eigenvalue weighted by atomic mass is 10.2. The maximum absolute atomic E-state index is 13.7. The van der Waals surface area contributed by atoms with Crippen LogP contribution in [-0.2, 0) is 13.1 Å². The molecule has 0 bridgehead atoms. The summed E-state index contributed by atoms with van der Waals surface area (Å²) in [6.45, 7) is 0.796. The lowest BCUT2D eigenvalue weighted by Gasteiger charge is -2.07. The number of rotatable bonds is 5. The van der Waals surface area contributed by atoms with Crippen molar-refractivity contribution in [1.29, 1.82) is 0 Å². The molecule has 0 unspecified atom stereocenters. The molecule has 0 aliphatic carbocycles. The Balaban J connectivity index is 1.95. The molecule has 0 aliphatic rings. The van der Waals surface area contributed by atoms with Crippen LogP contribution in [0.4, 0.5) is 4.39 Å². The van der Waals surface area contributed by atoms with E-state index in [4.69, 9.17) is 4.74 Å². The van der Waals surface area contributed by atoms with Gasteiger partial charge in [0.15, 0.2) is 17.4 Å². The Bertz CT molecular complexity index is 474. The monoisotopic (exact) mass is 237 g/mol. The lowest BCUT2D eigenvalue weighted by molar-refractivity contribution is 0.383. The Morgan fingerprint density at radius 1 is 1.41 bits per heavy atom. The number of hydrogen-bond donors (Lipinski definition) is 1. The van der Waals surface area contributed by atoms with E-state index in [1.807, 2.05) is 0 Å². The predicted molar refractivity (Wildman–Crippen MR) is 57.8 cm³/mol. The molecule has 0 spiro atoms. The summed E-state index contributed by atoms with van der Waals surface area (Å²) in [5.74, 6) is 0.424. The molecule has 1 aromatic heterocycles. The van der Waals surface area contributed by atoms with Gasteiger partial charge in [0, 0.05) is 12.1 Å². The maximum atomic E-state index is 13.7. The molecule has 17 heavy (non-hydrogen) atoms. The van der Waals surface area contributed by atoms with Crippen LogP contribution in [0, 0.1) is 5.82 Å². The minimum absolute atomic E-state index is 0.240. The normalized spacial score (nSPS) is 10.5. The van der Waals surface area contributed by atoms with Crippen molar-refractivity contribution in [3.05, 3.63) is 41.8 Å². The van der Waals surface area contributed by atoms with Crippen LogP contribution in [0.5, 0.6) is 5.75 Å². The second-order valence-electron chi connectivity index (χ2n) is 3.38. The number of nitrogens with zero attached hydrogens (tertiary/aromatic N) is 2. The van der Waals surface area contributed by atoms with Gasteiger partial charge in [-0.1, -0.05) is 17.3 Å². The van der Waals surface area contributed by atoms with Gasteiger partial charge in [0.2, 0.25) is 6.39 Å². The quantitative estimate of drug-likeness (QED) is 0.854. The first-order valence-electron chi connectivity index (χ1n) is 5.08. The zero-order valence-electron chi connectivity index (χ0n) is 9.31. The minimum Gasteiger partial charge on any atom is -0.494 e. The van der Waals surface area contributed by atoms with Gasteiger partial charge >= 0.3 is 0 Å². The van der Waals surface area contributed by atoms with E-state index < -0.39 is 0 Å². The number of ether oxygens (including phenoxy) is 1. The molecule has 0 aliphatic heterocycles. The van der Waals surface area contributed by atoms with Crippen molar-refractivity contribution >= 4 is 0 Å². The van der Waals surface area contributed by atoms with Crippen LogP contribution in [0.3, 0.4) is 0 Å². The first-order valence-corrected chi connectivity index (χ1v) is 5.08. The smallest absolute Gasteiger partial charge is 0.213 e. The van der Waals surface area contributed by atoms with Crippen LogP contribution in [0.1, 0.15) is 11.4 Å². The number of methoxy groups -OCH3 is 1. The molecule has 1 heterocycles. The fourth-order valence-electron chi connectivity index (χ4n) is 1.43. The Morgan fingerprint density at radius 3 is 3.00 bits per heavy atom. The summed E-state index contributed by atoms with van der Waals surface area (Å²) >= 11 is 0. The highest BCUT2D eigenvalue weighted by Crippen LogP contribution is 2.19. The van der Waals surface area contributed by atoms with Gasteiger partial charge in [-0.3, -0.25) is 0 Å². The third kappa shape index (κ3) is 2.79. The first-order chi connectivity index (χ1) is 8.31. The highest BCUT2D eigenvalue weighted by Gasteiger charge is 2.07. The zero-order valence-corrected chi connectivity index (χ0v) is 9.31. The standard InChI is InChI=1S/C11H12FN3O2/c1-16-9-4-2-3-8(11(9)12)5-13-6-10-14-7-17-15-10/h2-4,7,13H,5-6H2,1H3. The topological polar surface area (TPSA) is 60.2 Å². The SMILES string of the molecule is COc1cccc(CNCc2ncon2)c1F. The second-order valence-corrected chi connectivity index (χ2v) is 3.38. The summed E-state index contributed by atoms with van der Waals surface area (Å²) in [5.41, 5.74) is 0.535. The van der Waals surface area contributed by atoms with Crippen LogP contribution < -0.4 is 10.1 Å². The van der Waals surface area contributed by atoms with Crippen LogP contribution in [-0.4, -0.2) is 17.3 Å². The molecule has 5 nitrogen and oxygen atoms in total. The summed E-state index contributed by atoms with van der Waals surface area (Å²) in [4.78, 5) is 3.84. The van der Waals surface area contributed by atoms with Crippen LogP contribution in [0.2, 0.25) is 0 Å². The average Bonchev–Trinajstić information content (AvgIpc) is 2.84. The van der Waals surface area contributed by atoms with Crippen LogP contribution >= 0.6 is 0 Å². The molecule has 1 N–H and O–H groups in total. The molecule has 0 fully saturated rings. The highest BCUT2D eigenvalue weighted by molar-refractivity contribution is 5.30. The lowest BCUT2D eigenvalue weighted by Crippen LogP contribution is -2.14. The molecule has 0 amide bonds. The fraction of sp³-hybridized carbons (Fsp3) is 0.273. The molecular formula is C11H12FN3O2. The summed E-state index contributed by atoms with van der Waals surface area (Å²) < 4.78 is 23.2. The van der Waals surface area contributed by atoms with Gasteiger partial charge in [-0.2, -0.15) is 4.98 Å². The van der Waals surface area contributed by atoms with E-state index in [2.05, 4.69) is 20.0 Å². The second kappa shape index (κ2) is 5.40. The van der Waals surface area contributed by atoms with E-state index in [-0.39, 0.29) is 11.6 Å². The van der Waals surface area contributed by atoms with E-state index in [9.17, 15) is 4.39 Å². The molecule has 0 saturated heterocycles. The van der Waals surface area contributed by atoms with E-state index in [0.29, 0.717) is 24.5 Å². The van der Waals surface area contributed by atoms with Gasteiger partial charge in [-0.15, -0.1) is 0 Å². The molecular weight excluding hydrogens is 225 g/mol. The van der Waals surface area contributed by atoms with Crippen LogP contribution in [0.25, 0.3) is 0 Å². The molecule has 0 atom stereocenters. The Morgan fingerprint density at radius 2 is 2.29 bits per heavy atom. The third-order valence-corrected chi connectivity index (χ3v) is 2.27. The molecule has 2 aromatic rings. The number of aromatic nitrogens is 2. The molecule has 2 rings (SSSR count). The number of nitrogens with one attached hydrogen (secondary N) is 1. The number of benzene rings is 1. The van der Waals surface area contributed by atoms with Crippen molar-refractivity contribution < 1.29 is 13.7 Å². The zero-order chi connectivity index (χ0) is 12.1. The average molecular weight is 237 g/mol. The Labute approximate surface area is 97.6 Å². The third-order valence-electron chi connectivity index (χ3n) is 2.27. The van der Waals surface area contributed by atoms with Crippen molar-refractivity contribution in [3.63, 3.8) is 0 Å². The van der Waals surface area contributed by atoms with Crippen molar-refractivity contribution in [1.82, 2.24) is 15.5 Å². The predicted octanol–water partition coefficient (Wildman–Crippen LogP) is 1.51. The first kappa shape index (κ1) is 11.5. The largest absolute Gasteiger partial charge is 0.494 e. The highest BCUT2D eigenvalue weighted by atomic mass is 19.1. The fourth-order valence-corrected chi connectivity index (χ4v) is 1.43. The van der Waals surface area contributed by atoms with Gasteiger partial charge in [-0.05, 0) is 6.07 Å². The molecule has 90 valence electrons. The van der Waals surface area contributed by atoms with E-state index in [1.54, 1.807) is 18.2 Å². The summed E-state index contributed by atoms with van der Waals surface area (Å²) in [5, 5.41) is 6.65. The minimum atomic E-state index is -0.351. The van der Waals surface area contributed by atoms with Gasteiger partial charge in [0.05, 0.1) is 13.7 Å². The molecule has 1 aromatic carbocycles. The van der Waals surface area contributed by atoms with Gasteiger partial charge in [0.1, 0.15) is 0 Å². The van der Waals surface area contributed by atoms with Crippen molar-refractivity contribution in [2.45, 2.75) is 13.1 Å². The van der Waals surface area contributed by atoms with Gasteiger partial charge < -0.3 is 14.6 Å². The number of halogens is 1. The van der Waals surface area contributed by atoms with E-state index >= 15 is 0 Å². The molecule has 0 saturated carbocycles. The Kier molecular flexibility index (Phi) is 3.66. The number of hydrogen-bond acceptors (Lipinski definition) is 5. The van der Waals surface area contributed by atoms with Gasteiger partial charge in [0.25, 0.3) is 0 Å². The summed E-state index contributed by atoms with van der Waals surface area (Å²) in [7, 11) is 1.44. The van der Waals surface area contributed by atoms with Crippen LogP contribution in [0.15, 0.2) is 29.1 Å². The molecule has 0 radical (unpaired) electrons. The van der Waals surface area contributed by atoms with Crippen molar-refractivity contribution in [3.8, 4) is 5.75 Å². The van der Waals surface area contributed by atoms with E-state index in [0.717, 1.165) is 0 Å². The summed E-state index contributed by atoms with van der Waals surface area (Å²) in [6.07, 6.45) is 1.25. The van der Waals surface area contributed by atoms with Gasteiger partial charge in [-0.25, -0.2) is 4.39 Å². The van der Waals surface area contributed by atoms with E-state index in [1.165, 1.54) is 13.5 Å². The van der Waals surface area contributed by atoms with Crippen molar-refractivity contribution in [2.75, 3.05) is 7.11 Å².